The van der Waals surface area contributed by atoms with Crippen LogP contribution in [-0.2, 0) is 40.6 Å². The normalized spacial score (nSPS) is 12.2. The van der Waals surface area contributed by atoms with Crippen LogP contribution >= 0.6 is 22.6 Å². The van der Waals surface area contributed by atoms with Crippen LogP contribution in [0.5, 0.6) is 5.75 Å². The van der Waals surface area contributed by atoms with E-state index in [1.54, 1.807) is 0 Å². The minimum absolute atomic E-state index is 0.194. The van der Waals surface area contributed by atoms with Gasteiger partial charge in [-0.3, -0.25) is 0 Å². The number of nitrogens with one attached hydrogen (secondary N) is 1. The first kappa shape index (κ1) is 30.9. The molecule has 2 rings (SSSR count). The number of alkyl halides is 3. The van der Waals surface area contributed by atoms with Crippen LogP contribution in [0.1, 0.15) is 12.0 Å². The van der Waals surface area contributed by atoms with Crippen molar-refractivity contribution in [2.45, 2.75) is 30.0 Å². The zero-order valence-corrected chi connectivity index (χ0v) is 22.3. The van der Waals surface area contributed by atoms with Gasteiger partial charge >= 0.3 is 18.1 Å². The highest BCUT2D eigenvalue weighted by Crippen LogP contribution is 2.19. The SMILES string of the molecule is NC(N)=NOCCCOc1ccc(C[C@H](NS(=O)(=O)c2ccc(I)cc2)C(=O)OOC(=O)C(F)(F)F)cc1. The van der Waals surface area contributed by atoms with Crippen molar-refractivity contribution in [3.63, 3.8) is 0 Å². The van der Waals surface area contributed by atoms with Crippen molar-refractivity contribution in [3.05, 3.63) is 57.7 Å². The van der Waals surface area contributed by atoms with Gasteiger partial charge in [-0.15, -0.1) is 0 Å². The number of ether oxygens (including phenoxy) is 1. The first-order chi connectivity index (χ1) is 17.8. The van der Waals surface area contributed by atoms with Gasteiger partial charge in [-0.1, -0.05) is 12.1 Å². The number of rotatable bonds is 12. The molecule has 12 nitrogen and oxygen atoms in total. The highest BCUT2D eigenvalue weighted by molar-refractivity contribution is 14.1. The van der Waals surface area contributed by atoms with Crippen LogP contribution < -0.4 is 20.9 Å². The zero-order chi connectivity index (χ0) is 28.3. The number of hydrogen-bond donors (Lipinski definition) is 3. The van der Waals surface area contributed by atoms with Crippen LogP contribution in [0.4, 0.5) is 13.2 Å². The van der Waals surface area contributed by atoms with Gasteiger partial charge in [0.1, 0.15) is 18.4 Å². The first-order valence-electron chi connectivity index (χ1n) is 10.5. The van der Waals surface area contributed by atoms with Crippen molar-refractivity contribution in [1.29, 1.82) is 0 Å². The van der Waals surface area contributed by atoms with Crippen LogP contribution in [0, 0.1) is 3.57 Å². The summed E-state index contributed by atoms with van der Waals surface area (Å²) in [6.07, 6.45) is -5.34. The molecule has 0 bridgehead atoms. The number of guanidine groups is 1. The Hall–Kier alpha value is -3.32. The van der Waals surface area contributed by atoms with Crippen molar-refractivity contribution in [2.24, 2.45) is 16.6 Å². The van der Waals surface area contributed by atoms with E-state index in [4.69, 9.17) is 21.0 Å². The smallest absolute Gasteiger partial charge is 0.493 e. The number of benzene rings is 2. The molecule has 0 aromatic heterocycles. The fourth-order valence-corrected chi connectivity index (χ4v) is 4.16. The largest absolute Gasteiger partial charge is 0.495 e. The van der Waals surface area contributed by atoms with E-state index in [1.165, 1.54) is 48.5 Å². The van der Waals surface area contributed by atoms with Crippen LogP contribution in [0.15, 0.2) is 58.6 Å². The molecule has 5 N–H and O–H groups in total. The second-order valence-electron chi connectivity index (χ2n) is 7.30. The lowest BCUT2D eigenvalue weighted by Crippen LogP contribution is -2.44. The Kier molecular flexibility index (Phi) is 11.4. The Morgan fingerprint density at radius 1 is 1.00 bits per heavy atom. The van der Waals surface area contributed by atoms with Crippen LogP contribution in [-0.4, -0.2) is 51.7 Å². The molecule has 0 heterocycles. The summed E-state index contributed by atoms with van der Waals surface area (Å²) < 4.78 is 71.0. The number of nitrogens with two attached hydrogens (primary N) is 2. The fourth-order valence-electron chi connectivity index (χ4n) is 2.62. The summed E-state index contributed by atoms with van der Waals surface area (Å²) in [5, 5.41) is 3.35. The molecule has 208 valence electrons. The maximum atomic E-state index is 12.8. The Balaban J connectivity index is 2.09. The number of oxime groups is 1. The second kappa shape index (κ2) is 14.0. The lowest BCUT2D eigenvalue weighted by molar-refractivity contribution is -0.286. The third-order valence-electron chi connectivity index (χ3n) is 4.32. The molecule has 0 unspecified atom stereocenters. The minimum Gasteiger partial charge on any atom is -0.493 e. The van der Waals surface area contributed by atoms with Crippen molar-refractivity contribution >= 4 is 50.5 Å². The molecule has 2 aromatic carbocycles. The molecule has 0 spiro atoms. The van der Waals surface area contributed by atoms with Crippen molar-refractivity contribution in [3.8, 4) is 5.75 Å². The average Bonchev–Trinajstić information content (AvgIpc) is 2.84. The molecular weight excluding hydrogens is 652 g/mol. The van der Waals surface area contributed by atoms with Gasteiger partial charge in [-0.05, 0) is 76.1 Å². The van der Waals surface area contributed by atoms with Crippen LogP contribution in [0.2, 0.25) is 0 Å². The summed E-state index contributed by atoms with van der Waals surface area (Å²) in [4.78, 5) is 35.4. The Labute approximate surface area is 228 Å². The summed E-state index contributed by atoms with van der Waals surface area (Å²) in [5.41, 5.74) is 10.6. The number of hydrogen-bond acceptors (Lipinski definition) is 9. The molecule has 0 amide bonds. The number of nitrogens with zero attached hydrogens (tertiary/aromatic N) is 1. The van der Waals surface area contributed by atoms with E-state index in [0.29, 0.717) is 17.7 Å². The van der Waals surface area contributed by atoms with Gasteiger partial charge in [0.15, 0.2) is 0 Å². The summed E-state index contributed by atoms with van der Waals surface area (Å²) >= 11 is 1.96. The van der Waals surface area contributed by atoms with Crippen LogP contribution in [0.3, 0.4) is 0 Å². The quantitative estimate of drug-likeness (QED) is 0.0749. The van der Waals surface area contributed by atoms with Gasteiger partial charge in [0.05, 0.1) is 11.5 Å². The fraction of sp³-hybridized carbons (Fsp3) is 0.286. The Morgan fingerprint density at radius 3 is 2.21 bits per heavy atom. The molecule has 0 saturated carbocycles. The monoisotopic (exact) mass is 674 g/mol. The second-order valence-corrected chi connectivity index (χ2v) is 10.3. The topological polar surface area (TPSA) is 182 Å². The first-order valence-corrected chi connectivity index (χ1v) is 13.0. The van der Waals surface area contributed by atoms with E-state index in [9.17, 15) is 31.2 Å². The van der Waals surface area contributed by atoms with E-state index in [-0.39, 0.29) is 30.5 Å². The molecule has 0 fully saturated rings. The molecule has 1 atom stereocenters. The van der Waals surface area contributed by atoms with Crippen LogP contribution in [0.25, 0.3) is 0 Å². The molecule has 2 aromatic rings. The Bertz CT molecular complexity index is 1220. The third-order valence-corrected chi connectivity index (χ3v) is 6.53. The van der Waals surface area contributed by atoms with E-state index in [0.717, 1.165) is 3.57 Å². The highest BCUT2D eigenvalue weighted by Gasteiger charge is 2.43. The third kappa shape index (κ3) is 10.6. The molecule has 0 aliphatic heterocycles. The summed E-state index contributed by atoms with van der Waals surface area (Å²) in [7, 11) is -4.32. The number of sulfonamides is 1. The predicted molar refractivity (Wildman–Crippen MR) is 134 cm³/mol. The van der Waals surface area contributed by atoms with E-state index < -0.39 is 34.2 Å². The van der Waals surface area contributed by atoms with E-state index in [2.05, 4.69) is 19.7 Å². The molecular formula is C21H22F3IN4O8S. The molecule has 0 aliphatic carbocycles. The van der Waals surface area contributed by atoms with Gasteiger partial charge < -0.3 is 21.0 Å². The molecule has 0 aliphatic rings. The number of carbonyl (C=O) groups excluding carboxylic acids is 2. The maximum Gasteiger partial charge on any atom is 0.495 e. The molecule has 0 saturated heterocycles. The summed E-state index contributed by atoms with van der Waals surface area (Å²) in [5.74, 6) is -4.15. The average molecular weight is 674 g/mol. The summed E-state index contributed by atoms with van der Waals surface area (Å²) in [6.45, 7) is 0.439. The van der Waals surface area contributed by atoms with Crippen molar-refractivity contribution < 1.29 is 50.5 Å². The lowest BCUT2D eigenvalue weighted by Gasteiger charge is -2.17. The van der Waals surface area contributed by atoms with E-state index in [1.807, 2.05) is 22.6 Å². The number of carbonyl (C=O) groups is 2. The standard InChI is InChI=1S/C21H22F3IN4O8S/c22-21(23,24)19(31)37-36-18(30)17(29-38(32,33)16-8-4-14(25)5-9-16)12-13-2-6-15(7-3-13)34-10-1-11-35-28-20(26)27/h2-9,17,29H,1,10-12H2,(H4,26,27,28)/t17-/m0/s1. The predicted octanol–water partition coefficient (Wildman–Crippen LogP) is 1.72. The van der Waals surface area contributed by atoms with Gasteiger partial charge in [0.25, 0.3) is 0 Å². The highest BCUT2D eigenvalue weighted by atomic mass is 127. The minimum atomic E-state index is -5.43. The lowest BCUT2D eigenvalue weighted by atomic mass is 10.1. The van der Waals surface area contributed by atoms with Gasteiger partial charge in [-0.25, -0.2) is 27.8 Å². The molecule has 38 heavy (non-hydrogen) atoms. The summed E-state index contributed by atoms with van der Waals surface area (Å²) in [6, 6.07) is 9.81. The van der Waals surface area contributed by atoms with E-state index >= 15 is 0 Å². The van der Waals surface area contributed by atoms with Gasteiger partial charge in [-0.2, -0.15) is 17.9 Å². The molecule has 0 radical (unpaired) electrons. The van der Waals surface area contributed by atoms with Crippen molar-refractivity contribution in [2.75, 3.05) is 13.2 Å². The van der Waals surface area contributed by atoms with Crippen molar-refractivity contribution in [1.82, 2.24) is 4.72 Å². The van der Waals surface area contributed by atoms with Gasteiger partial charge in [0.2, 0.25) is 16.0 Å². The molecule has 17 heteroatoms. The number of halogens is 4. The maximum absolute atomic E-state index is 12.8. The van der Waals surface area contributed by atoms with Gasteiger partial charge in [0, 0.05) is 9.99 Å². The zero-order valence-electron chi connectivity index (χ0n) is 19.3. The Morgan fingerprint density at radius 2 is 1.63 bits per heavy atom.